The summed E-state index contributed by atoms with van der Waals surface area (Å²) in [7, 11) is 0. The lowest BCUT2D eigenvalue weighted by Crippen LogP contribution is -2.14. The van der Waals surface area contributed by atoms with E-state index in [0.29, 0.717) is 21.5 Å². The molecule has 0 saturated carbocycles. The van der Waals surface area contributed by atoms with Gasteiger partial charge in [0.05, 0.1) is 21.5 Å². The number of amides is 1. The Balaban J connectivity index is 1.94. The number of anilines is 1. The Morgan fingerprint density at radius 1 is 1.10 bits per heavy atom. The van der Waals surface area contributed by atoms with Crippen LogP contribution in [0.2, 0.25) is 10.0 Å². The van der Waals surface area contributed by atoms with Gasteiger partial charge in [0, 0.05) is 4.90 Å². The molecular formula is C15H13Cl2NOS. The Morgan fingerprint density at radius 3 is 2.30 bits per heavy atom. The molecule has 0 unspecified atom stereocenters. The highest BCUT2D eigenvalue weighted by Gasteiger charge is 2.09. The molecule has 5 heteroatoms. The first-order valence-electron chi connectivity index (χ1n) is 5.99. The van der Waals surface area contributed by atoms with E-state index in [9.17, 15) is 4.79 Å². The summed E-state index contributed by atoms with van der Waals surface area (Å²) in [6, 6.07) is 13.1. The lowest BCUT2D eigenvalue weighted by Gasteiger charge is -2.09. The van der Waals surface area contributed by atoms with Crippen molar-refractivity contribution in [3.8, 4) is 0 Å². The predicted octanol–water partition coefficient (Wildman–Crippen LogP) is 5.03. The number of hydrogen-bond donors (Lipinski definition) is 1. The molecule has 0 aliphatic heterocycles. The van der Waals surface area contributed by atoms with Gasteiger partial charge in [0.2, 0.25) is 5.91 Å². The molecule has 1 amide bonds. The molecule has 2 rings (SSSR count). The van der Waals surface area contributed by atoms with Crippen LogP contribution in [-0.2, 0) is 4.79 Å². The highest BCUT2D eigenvalue weighted by Crippen LogP contribution is 2.30. The number of thioether (sulfide) groups is 1. The number of aryl methyl sites for hydroxylation is 1. The number of benzene rings is 2. The monoisotopic (exact) mass is 325 g/mol. The van der Waals surface area contributed by atoms with Gasteiger partial charge in [-0.1, -0.05) is 47.0 Å². The molecule has 20 heavy (non-hydrogen) atoms. The minimum absolute atomic E-state index is 0.134. The summed E-state index contributed by atoms with van der Waals surface area (Å²) >= 11 is 13.5. The lowest BCUT2D eigenvalue weighted by molar-refractivity contribution is -0.113. The number of rotatable bonds is 4. The SMILES string of the molecule is Cc1ccc(SCC(=O)Nc2c(Cl)cccc2Cl)cc1. The number of carbonyl (C=O) groups is 1. The van der Waals surface area contributed by atoms with E-state index in [1.165, 1.54) is 17.3 Å². The second kappa shape index (κ2) is 7.02. The lowest BCUT2D eigenvalue weighted by atomic mass is 10.2. The zero-order chi connectivity index (χ0) is 14.5. The molecule has 0 atom stereocenters. The van der Waals surface area contributed by atoms with Gasteiger partial charge in [-0.2, -0.15) is 0 Å². The molecule has 0 bridgehead atoms. The van der Waals surface area contributed by atoms with Crippen LogP contribution in [0.15, 0.2) is 47.4 Å². The second-order valence-corrected chi connectivity index (χ2v) is 6.11. The van der Waals surface area contributed by atoms with Crippen molar-refractivity contribution in [1.82, 2.24) is 0 Å². The number of para-hydroxylation sites is 1. The van der Waals surface area contributed by atoms with E-state index in [4.69, 9.17) is 23.2 Å². The molecule has 2 aromatic carbocycles. The third kappa shape index (κ3) is 4.17. The van der Waals surface area contributed by atoms with E-state index in [-0.39, 0.29) is 5.91 Å². The maximum absolute atomic E-state index is 11.9. The van der Waals surface area contributed by atoms with E-state index in [2.05, 4.69) is 5.32 Å². The van der Waals surface area contributed by atoms with E-state index in [1.54, 1.807) is 18.2 Å². The first-order valence-corrected chi connectivity index (χ1v) is 7.74. The van der Waals surface area contributed by atoms with Gasteiger partial charge < -0.3 is 5.32 Å². The minimum atomic E-state index is -0.134. The normalized spacial score (nSPS) is 10.3. The van der Waals surface area contributed by atoms with Crippen molar-refractivity contribution >= 4 is 46.6 Å². The van der Waals surface area contributed by atoms with Crippen molar-refractivity contribution in [3.05, 3.63) is 58.1 Å². The highest BCUT2D eigenvalue weighted by atomic mass is 35.5. The zero-order valence-corrected chi connectivity index (χ0v) is 13.1. The summed E-state index contributed by atoms with van der Waals surface area (Å²) in [6.07, 6.45) is 0. The van der Waals surface area contributed by atoms with E-state index >= 15 is 0 Å². The van der Waals surface area contributed by atoms with Crippen molar-refractivity contribution in [3.63, 3.8) is 0 Å². The summed E-state index contributed by atoms with van der Waals surface area (Å²) in [6.45, 7) is 2.03. The van der Waals surface area contributed by atoms with Crippen LogP contribution in [0.3, 0.4) is 0 Å². The number of halogens is 2. The topological polar surface area (TPSA) is 29.1 Å². The Hall–Kier alpha value is -1.16. The van der Waals surface area contributed by atoms with Gasteiger partial charge >= 0.3 is 0 Å². The summed E-state index contributed by atoms with van der Waals surface area (Å²) < 4.78 is 0. The average Bonchev–Trinajstić information content (AvgIpc) is 2.42. The van der Waals surface area contributed by atoms with E-state index in [0.717, 1.165) is 4.90 Å². The quantitative estimate of drug-likeness (QED) is 0.798. The molecule has 0 heterocycles. The van der Waals surface area contributed by atoms with Crippen molar-refractivity contribution < 1.29 is 4.79 Å². The fourth-order valence-electron chi connectivity index (χ4n) is 1.58. The van der Waals surface area contributed by atoms with Gasteiger partial charge in [-0.3, -0.25) is 4.79 Å². The third-order valence-electron chi connectivity index (χ3n) is 2.62. The van der Waals surface area contributed by atoms with Gasteiger partial charge in [0.25, 0.3) is 0 Å². The first-order chi connectivity index (χ1) is 9.56. The molecule has 0 saturated heterocycles. The zero-order valence-electron chi connectivity index (χ0n) is 10.8. The van der Waals surface area contributed by atoms with Crippen LogP contribution in [0.5, 0.6) is 0 Å². The molecule has 104 valence electrons. The van der Waals surface area contributed by atoms with E-state index in [1.807, 2.05) is 31.2 Å². The molecule has 1 N–H and O–H groups in total. The molecule has 2 aromatic rings. The fourth-order valence-corrected chi connectivity index (χ4v) is 2.77. The van der Waals surface area contributed by atoms with Crippen molar-refractivity contribution in [1.29, 1.82) is 0 Å². The first kappa shape index (κ1) is 15.2. The van der Waals surface area contributed by atoms with Crippen LogP contribution >= 0.6 is 35.0 Å². The maximum Gasteiger partial charge on any atom is 0.234 e. The van der Waals surface area contributed by atoms with Crippen LogP contribution < -0.4 is 5.32 Å². The summed E-state index contributed by atoms with van der Waals surface area (Å²) in [4.78, 5) is 13.0. The molecule has 2 nitrogen and oxygen atoms in total. The Morgan fingerprint density at radius 2 is 1.70 bits per heavy atom. The standard InChI is InChI=1S/C15H13Cl2NOS/c1-10-5-7-11(8-6-10)20-9-14(19)18-15-12(16)3-2-4-13(15)17/h2-8H,9H2,1H3,(H,18,19). The number of nitrogens with one attached hydrogen (secondary N) is 1. The van der Waals surface area contributed by atoms with Gasteiger partial charge in [0.1, 0.15) is 0 Å². The smallest absolute Gasteiger partial charge is 0.234 e. The molecular weight excluding hydrogens is 313 g/mol. The third-order valence-corrected chi connectivity index (χ3v) is 4.26. The molecule has 0 aliphatic rings. The maximum atomic E-state index is 11.9. The summed E-state index contributed by atoms with van der Waals surface area (Å²) in [5.74, 6) is 0.176. The van der Waals surface area contributed by atoms with Crippen LogP contribution in [0, 0.1) is 6.92 Å². The highest BCUT2D eigenvalue weighted by molar-refractivity contribution is 8.00. The average molecular weight is 326 g/mol. The van der Waals surface area contributed by atoms with Gasteiger partial charge in [-0.15, -0.1) is 11.8 Å². The van der Waals surface area contributed by atoms with Gasteiger partial charge in [-0.05, 0) is 31.2 Å². The summed E-state index contributed by atoms with van der Waals surface area (Å²) in [5.41, 5.74) is 1.66. The van der Waals surface area contributed by atoms with Crippen LogP contribution in [0.25, 0.3) is 0 Å². The molecule has 0 fully saturated rings. The van der Waals surface area contributed by atoms with Crippen LogP contribution in [0.1, 0.15) is 5.56 Å². The molecule has 0 aromatic heterocycles. The molecule has 0 spiro atoms. The van der Waals surface area contributed by atoms with E-state index < -0.39 is 0 Å². The number of carbonyl (C=O) groups excluding carboxylic acids is 1. The van der Waals surface area contributed by atoms with Gasteiger partial charge in [-0.25, -0.2) is 0 Å². The Kier molecular flexibility index (Phi) is 5.35. The fraction of sp³-hybridized carbons (Fsp3) is 0.133. The van der Waals surface area contributed by atoms with Crippen molar-refractivity contribution in [2.45, 2.75) is 11.8 Å². The minimum Gasteiger partial charge on any atom is -0.323 e. The van der Waals surface area contributed by atoms with Crippen LogP contribution in [-0.4, -0.2) is 11.7 Å². The number of hydrogen-bond acceptors (Lipinski definition) is 2. The van der Waals surface area contributed by atoms with Crippen molar-refractivity contribution in [2.75, 3.05) is 11.1 Å². The van der Waals surface area contributed by atoms with Gasteiger partial charge in [0.15, 0.2) is 0 Å². The summed E-state index contributed by atoms with van der Waals surface area (Å²) in [5, 5.41) is 3.61. The largest absolute Gasteiger partial charge is 0.323 e. The molecule has 0 aliphatic carbocycles. The Bertz CT molecular complexity index is 594. The Labute approximate surface area is 132 Å². The van der Waals surface area contributed by atoms with Crippen molar-refractivity contribution in [2.24, 2.45) is 0 Å². The second-order valence-electron chi connectivity index (χ2n) is 4.25. The predicted molar refractivity (Wildman–Crippen MR) is 87.0 cm³/mol. The molecule has 0 radical (unpaired) electrons. The van der Waals surface area contributed by atoms with Crippen LogP contribution in [0.4, 0.5) is 5.69 Å².